The minimum Gasteiger partial charge on any atom is -0.462 e. The number of carbonyl (C=O) groups is 2. The summed E-state index contributed by atoms with van der Waals surface area (Å²) < 4.78 is 10.6. The average molecular weight is 456 g/mol. The van der Waals surface area contributed by atoms with Crippen molar-refractivity contribution in [2.45, 2.75) is 58.5 Å². The van der Waals surface area contributed by atoms with E-state index in [2.05, 4.69) is 26.1 Å². The number of hydrogen-bond donors (Lipinski definition) is 2. The molecule has 0 aliphatic carbocycles. The Kier molecular flexibility index (Phi) is 10.9. The Morgan fingerprint density at radius 1 is 0.939 bits per heavy atom. The highest BCUT2D eigenvalue weighted by atomic mass is 16.5. The summed E-state index contributed by atoms with van der Waals surface area (Å²) in [6, 6.07) is 17.0. The van der Waals surface area contributed by atoms with Gasteiger partial charge in [-0.15, -0.1) is 0 Å². The van der Waals surface area contributed by atoms with Crippen LogP contribution >= 0.6 is 0 Å². The summed E-state index contributed by atoms with van der Waals surface area (Å²) in [5, 5.41) is 12.3. The minimum absolute atomic E-state index is 0.0275. The number of aliphatic hydroxyl groups is 1. The number of amides is 1. The Morgan fingerprint density at radius 3 is 2.27 bits per heavy atom. The molecule has 180 valence electrons. The second-order valence-electron chi connectivity index (χ2n) is 9.31. The number of esters is 1. The van der Waals surface area contributed by atoms with Gasteiger partial charge in [-0.1, -0.05) is 76.1 Å². The molecule has 0 spiro atoms. The summed E-state index contributed by atoms with van der Waals surface area (Å²) in [5.74, 6) is -0.460. The zero-order chi connectivity index (χ0) is 24.1. The number of nitrogens with one attached hydrogen (secondary N) is 1. The van der Waals surface area contributed by atoms with Crippen molar-refractivity contribution in [3.05, 3.63) is 71.3 Å². The second kappa shape index (κ2) is 13.6. The second-order valence-corrected chi connectivity index (χ2v) is 9.31. The fourth-order valence-electron chi connectivity index (χ4n) is 3.31. The highest BCUT2D eigenvalue weighted by Crippen LogP contribution is 2.22. The molecule has 0 fully saturated rings. The SMILES string of the molecule is CC(C)(C)c1ccc(C(=O)OC[C@@H](CO)CCCCCNC(=O)OCc2ccccc2)cc1. The van der Waals surface area contributed by atoms with Crippen molar-refractivity contribution in [1.29, 1.82) is 0 Å². The lowest BCUT2D eigenvalue weighted by Gasteiger charge is -2.19. The summed E-state index contributed by atoms with van der Waals surface area (Å²) in [6.45, 7) is 7.34. The maximum absolute atomic E-state index is 12.3. The van der Waals surface area contributed by atoms with Crippen LogP contribution in [0.3, 0.4) is 0 Å². The van der Waals surface area contributed by atoms with Crippen LogP contribution in [0.25, 0.3) is 0 Å². The Labute approximate surface area is 197 Å². The molecule has 0 bridgehead atoms. The van der Waals surface area contributed by atoms with Gasteiger partial charge < -0.3 is 19.9 Å². The molecule has 2 N–H and O–H groups in total. The normalized spacial score (nSPS) is 12.1. The highest BCUT2D eigenvalue weighted by molar-refractivity contribution is 5.89. The van der Waals surface area contributed by atoms with Gasteiger partial charge in [-0.25, -0.2) is 9.59 Å². The van der Waals surface area contributed by atoms with E-state index in [1.54, 1.807) is 12.1 Å². The average Bonchev–Trinajstić information content (AvgIpc) is 2.81. The maximum Gasteiger partial charge on any atom is 0.407 e. The Morgan fingerprint density at radius 2 is 1.64 bits per heavy atom. The van der Waals surface area contributed by atoms with E-state index in [9.17, 15) is 14.7 Å². The molecule has 33 heavy (non-hydrogen) atoms. The zero-order valence-electron chi connectivity index (χ0n) is 20.0. The van der Waals surface area contributed by atoms with Crippen LogP contribution in [0.2, 0.25) is 0 Å². The van der Waals surface area contributed by atoms with Crippen molar-refractivity contribution in [3.8, 4) is 0 Å². The summed E-state index contributed by atoms with van der Waals surface area (Å²) in [4.78, 5) is 24.0. The van der Waals surface area contributed by atoms with Gasteiger partial charge >= 0.3 is 12.1 Å². The Hall–Kier alpha value is -2.86. The molecule has 0 saturated heterocycles. The van der Waals surface area contributed by atoms with Crippen LogP contribution in [0.1, 0.15) is 67.9 Å². The van der Waals surface area contributed by atoms with Gasteiger partial charge in [0.2, 0.25) is 0 Å². The van der Waals surface area contributed by atoms with Crippen LogP contribution in [0.5, 0.6) is 0 Å². The van der Waals surface area contributed by atoms with E-state index in [0.717, 1.165) is 36.8 Å². The van der Waals surface area contributed by atoms with Crippen molar-refractivity contribution in [2.75, 3.05) is 19.8 Å². The van der Waals surface area contributed by atoms with Gasteiger partial charge in [0, 0.05) is 19.1 Å². The molecule has 1 atom stereocenters. The zero-order valence-corrected chi connectivity index (χ0v) is 20.0. The Bertz CT molecular complexity index is 843. The van der Waals surface area contributed by atoms with Gasteiger partial charge in [-0.3, -0.25) is 0 Å². The van der Waals surface area contributed by atoms with E-state index in [1.807, 2.05) is 42.5 Å². The first-order valence-electron chi connectivity index (χ1n) is 11.6. The molecule has 0 unspecified atom stereocenters. The van der Waals surface area contributed by atoms with Gasteiger partial charge in [-0.05, 0) is 41.5 Å². The smallest absolute Gasteiger partial charge is 0.407 e. The number of alkyl carbamates (subject to hydrolysis) is 1. The van der Waals surface area contributed by atoms with E-state index < -0.39 is 6.09 Å². The predicted molar refractivity (Wildman–Crippen MR) is 129 cm³/mol. The molecule has 0 radical (unpaired) electrons. The monoisotopic (exact) mass is 455 g/mol. The first-order chi connectivity index (χ1) is 15.8. The van der Waals surface area contributed by atoms with Gasteiger partial charge in [0.05, 0.1) is 12.2 Å². The lowest BCUT2D eigenvalue weighted by molar-refractivity contribution is 0.0375. The van der Waals surface area contributed by atoms with Crippen LogP contribution in [0.4, 0.5) is 4.79 Å². The third-order valence-corrected chi connectivity index (χ3v) is 5.47. The molecular formula is C27H37NO5. The molecule has 2 aromatic rings. The number of unbranched alkanes of at least 4 members (excludes halogenated alkanes) is 2. The first kappa shape index (κ1) is 26.4. The van der Waals surface area contributed by atoms with Crippen molar-refractivity contribution in [1.82, 2.24) is 5.32 Å². The predicted octanol–water partition coefficient (Wildman–Crippen LogP) is 5.24. The lowest BCUT2D eigenvalue weighted by Crippen LogP contribution is -2.25. The van der Waals surface area contributed by atoms with Crippen LogP contribution in [-0.2, 0) is 21.5 Å². The highest BCUT2D eigenvalue weighted by Gasteiger charge is 2.16. The number of carbonyl (C=O) groups excluding carboxylic acids is 2. The van der Waals surface area contributed by atoms with Gasteiger partial charge in [0.1, 0.15) is 6.61 Å². The van der Waals surface area contributed by atoms with Crippen LogP contribution in [0, 0.1) is 5.92 Å². The summed E-state index contributed by atoms with van der Waals surface area (Å²) in [7, 11) is 0. The van der Waals surface area contributed by atoms with Crippen LogP contribution in [-0.4, -0.2) is 36.9 Å². The van der Waals surface area contributed by atoms with Gasteiger partial charge in [0.15, 0.2) is 0 Å². The standard InChI is InChI=1S/C27H37NO5/c1-27(2,3)24-15-13-23(14-16-24)25(30)32-20-22(18-29)12-8-5-9-17-28-26(31)33-19-21-10-6-4-7-11-21/h4,6-7,10-11,13-16,22,29H,5,8-9,12,17-20H2,1-3H3,(H,28,31)/t22-/m1/s1. The molecular weight excluding hydrogens is 418 g/mol. The first-order valence-corrected chi connectivity index (χ1v) is 11.6. The van der Waals surface area contributed by atoms with Crippen molar-refractivity contribution < 1.29 is 24.2 Å². The molecule has 2 rings (SSSR count). The van der Waals surface area contributed by atoms with Crippen molar-refractivity contribution in [3.63, 3.8) is 0 Å². The molecule has 0 aliphatic rings. The number of rotatable bonds is 12. The summed E-state index contributed by atoms with van der Waals surface area (Å²) in [5.41, 5.74) is 2.66. The van der Waals surface area contributed by atoms with Crippen LogP contribution < -0.4 is 5.32 Å². The summed E-state index contributed by atoms with van der Waals surface area (Å²) >= 11 is 0. The number of aliphatic hydroxyl groups excluding tert-OH is 1. The number of hydrogen-bond acceptors (Lipinski definition) is 5. The maximum atomic E-state index is 12.3. The van der Waals surface area contributed by atoms with E-state index in [4.69, 9.17) is 9.47 Å². The summed E-state index contributed by atoms with van der Waals surface area (Å²) in [6.07, 6.45) is 2.93. The van der Waals surface area contributed by atoms with Gasteiger partial charge in [-0.2, -0.15) is 0 Å². The molecule has 1 amide bonds. The molecule has 0 saturated carbocycles. The molecule has 6 heteroatoms. The fraction of sp³-hybridized carbons (Fsp3) is 0.481. The number of benzene rings is 2. The number of ether oxygens (including phenoxy) is 2. The van der Waals surface area contributed by atoms with Gasteiger partial charge in [0.25, 0.3) is 0 Å². The lowest BCUT2D eigenvalue weighted by atomic mass is 9.87. The quantitative estimate of drug-likeness (QED) is 0.338. The molecule has 2 aromatic carbocycles. The van der Waals surface area contributed by atoms with Crippen molar-refractivity contribution in [2.24, 2.45) is 5.92 Å². The Balaban J connectivity index is 1.57. The van der Waals surface area contributed by atoms with Crippen molar-refractivity contribution >= 4 is 12.1 Å². The molecule has 0 aliphatic heterocycles. The fourth-order valence-corrected chi connectivity index (χ4v) is 3.31. The van der Waals surface area contributed by atoms with E-state index in [-0.39, 0.29) is 37.1 Å². The van der Waals surface area contributed by atoms with Crippen LogP contribution in [0.15, 0.2) is 54.6 Å². The van der Waals surface area contributed by atoms with E-state index in [0.29, 0.717) is 12.1 Å². The molecule has 0 heterocycles. The molecule has 0 aromatic heterocycles. The topological polar surface area (TPSA) is 84.9 Å². The van der Waals surface area contributed by atoms with E-state index in [1.165, 1.54) is 0 Å². The largest absolute Gasteiger partial charge is 0.462 e. The van der Waals surface area contributed by atoms with E-state index >= 15 is 0 Å². The minimum atomic E-state index is -0.422. The third kappa shape index (κ3) is 10.1. The molecule has 6 nitrogen and oxygen atoms in total. The third-order valence-electron chi connectivity index (χ3n) is 5.47.